The lowest BCUT2D eigenvalue weighted by Gasteiger charge is -2.32. The molecule has 7 heteroatoms. The number of carbonyl (C=O) groups excluding carboxylic acids is 2. The molecule has 2 amide bonds. The van der Waals surface area contributed by atoms with Crippen molar-refractivity contribution in [2.24, 2.45) is 0 Å². The van der Waals surface area contributed by atoms with Crippen LogP contribution >= 0.6 is 11.8 Å². The number of hydrogen-bond donors (Lipinski definition) is 1. The number of carbonyl (C=O) groups is 2. The SMILES string of the molecule is O=C1Nc2ccccc2S[C@@H]1CC(=O)N1CCC(c2nc3ccccc3o2)CC1. The number of benzene rings is 2. The highest BCUT2D eigenvalue weighted by Crippen LogP contribution is 2.37. The maximum absolute atomic E-state index is 12.8. The van der Waals surface area contributed by atoms with Crippen LogP contribution < -0.4 is 5.32 Å². The van der Waals surface area contributed by atoms with E-state index in [1.807, 2.05) is 53.4 Å². The number of anilines is 1. The van der Waals surface area contributed by atoms with Crippen LogP contribution in [0.25, 0.3) is 11.1 Å². The standard InChI is InChI=1S/C22H21N3O3S/c26-20(13-19-21(27)23-16-6-2-4-8-18(16)29-19)25-11-9-14(10-12-25)22-24-15-5-1-3-7-17(15)28-22/h1-8,14,19H,9-13H2,(H,23,27)/t19-/m1/s1. The third-order valence-corrected chi connectivity index (χ3v) is 6.85. The molecule has 1 atom stereocenters. The van der Waals surface area contributed by atoms with Crippen molar-refractivity contribution in [2.75, 3.05) is 18.4 Å². The number of amides is 2. The van der Waals surface area contributed by atoms with E-state index in [9.17, 15) is 9.59 Å². The summed E-state index contributed by atoms with van der Waals surface area (Å²) in [6.45, 7) is 1.33. The van der Waals surface area contributed by atoms with E-state index in [4.69, 9.17) is 4.42 Å². The van der Waals surface area contributed by atoms with Crippen LogP contribution in [0.2, 0.25) is 0 Å². The van der Waals surface area contributed by atoms with Crippen molar-refractivity contribution in [2.45, 2.75) is 35.3 Å². The Morgan fingerprint density at radius 3 is 2.72 bits per heavy atom. The monoisotopic (exact) mass is 407 g/mol. The molecule has 0 unspecified atom stereocenters. The number of thioether (sulfide) groups is 1. The van der Waals surface area contributed by atoms with E-state index < -0.39 is 0 Å². The smallest absolute Gasteiger partial charge is 0.238 e. The summed E-state index contributed by atoms with van der Waals surface area (Å²) < 4.78 is 5.90. The van der Waals surface area contributed by atoms with Crippen LogP contribution in [0.3, 0.4) is 0 Å². The number of fused-ring (bicyclic) bond motifs is 2. The first-order valence-electron chi connectivity index (χ1n) is 9.87. The first-order chi connectivity index (χ1) is 14.2. The number of para-hydroxylation sites is 3. The van der Waals surface area contributed by atoms with Gasteiger partial charge in [-0.1, -0.05) is 24.3 Å². The normalized spacial score (nSPS) is 19.8. The van der Waals surface area contributed by atoms with Gasteiger partial charge in [-0.25, -0.2) is 4.98 Å². The molecule has 3 aromatic rings. The summed E-state index contributed by atoms with van der Waals surface area (Å²) in [5.41, 5.74) is 2.51. The zero-order valence-electron chi connectivity index (χ0n) is 15.8. The van der Waals surface area contributed by atoms with Crippen LogP contribution in [-0.2, 0) is 9.59 Å². The molecular weight excluding hydrogens is 386 g/mol. The number of piperidine rings is 1. The molecule has 0 bridgehead atoms. The number of oxazole rings is 1. The first-order valence-corrected chi connectivity index (χ1v) is 10.7. The van der Waals surface area contributed by atoms with Crippen LogP contribution in [0.4, 0.5) is 5.69 Å². The van der Waals surface area contributed by atoms with Gasteiger partial charge in [0.05, 0.1) is 10.9 Å². The highest BCUT2D eigenvalue weighted by Gasteiger charge is 2.32. The lowest BCUT2D eigenvalue weighted by atomic mass is 9.96. The van der Waals surface area contributed by atoms with Crippen molar-refractivity contribution < 1.29 is 14.0 Å². The molecule has 148 valence electrons. The van der Waals surface area contributed by atoms with Gasteiger partial charge in [0.1, 0.15) is 5.52 Å². The van der Waals surface area contributed by atoms with Gasteiger partial charge in [-0.3, -0.25) is 9.59 Å². The molecule has 1 fully saturated rings. The highest BCUT2D eigenvalue weighted by atomic mass is 32.2. The Morgan fingerprint density at radius 2 is 1.90 bits per heavy atom. The van der Waals surface area contributed by atoms with Gasteiger partial charge in [-0.15, -0.1) is 11.8 Å². The van der Waals surface area contributed by atoms with Crippen molar-refractivity contribution in [3.8, 4) is 0 Å². The first kappa shape index (κ1) is 18.2. The predicted molar refractivity (Wildman–Crippen MR) is 112 cm³/mol. The Bertz CT molecular complexity index is 1040. The van der Waals surface area contributed by atoms with Crippen molar-refractivity contribution >= 4 is 40.4 Å². The maximum atomic E-state index is 12.8. The molecule has 0 spiro atoms. The second-order valence-electron chi connectivity index (χ2n) is 7.47. The molecule has 0 saturated carbocycles. The Hall–Kier alpha value is -2.80. The summed E-state index contributed by atoms with van der Waals surface area (Å²) in [6.07, 6.45) is 1.87. The van der Waals surface area contributed by atoms with E-state index in [0.717, 1.165) is 40.4 Å². The lowest BCUT2D eigenvalue weighted by molar-refractivity contribution is -0.133. The molecule has 29 heavy (non-hydrogen) atoms. The average molecular weight is 407 g/mol. The summed E-state index contributed by atoms with van der Waals surface area (Å²) in [4.78, 5) is 32.7. The van der Waals surface area contributed by atoms with E-state index >= 15 is 0 Å². The zero-order chi connectivity index (χ0) is 19.8. The molecule has 1 N–H and O–H groups in total. The Labute approximate surface area is 172 Å². The quantitative estimate of drug-likeness (QED) is 0.709. The number of aromatic nitrogens is 1. The molecule has 2 aliphatic rings. The highest BCUT2D eigenvalue weighted by molar-refractivity contribution is 8.01. The van der Waals surface area contributed by atoms with E-state index in [0.29, 0.717) is 13.1 Å². The Balaban J connectivity index is 1.20. The molecule has 2 aliphatic heterocycles. The van der Waals surface area contributed by atoms with Gasteiger partial charge in [0, 0.05) is 30.3 Å². The maximum Gasteiger partial charge on any atom is 0.238 e. The van der Waals surface area contributed by atoms with E-state index in [-0.39, 0.29) is 29.4 Å². The van der Waals surface area contributed by atoms with Crippen LogP contribution in [0, 0.1) is 0 Å². The van der Waals surface area contributed by atoms with E-state index in [1.165, 1.54) is 11.8 Å². The van der Waals surface area contributed by atoms with Gasteiger partial charge in [0.15, 0.2) is 11.5 Å². The zero-order valence-corrected chi connectivity index (χ0v) is 16.7. The van der Waals surface area contributed by atoms with Gasteiger partial charge in [-0.05, 0) is 37.1 Å². The molecule has 0 aliphatic carbocycles. The Kier molecular flexibility index (Phi) is 4.75. The number of likely N-dealkylation sites (tertiary alicyclic amines) is 1. The predicted octanol–water partition coefficient (Wildman–Crippen LogP) is 4.04. The molecule has 1 aromatic heterocycles. The van der Waals surface area contributed by atoms with Crippen LogP contribution in [0.1, 0.15) is 31.1 Å². The second-order valence-corrected chi connectivity index (χ2v) is 8.72. The topological polar surface area (TPSA) is 75.4 Å². The minimum atomic E-state index is -0.382. The molecule has 5 rings (SSSR count). The van der Waals surface area contributed by atoms with Gasteiger partial charge in [-0.2, -0.15) is 0 Å². The molecule has 6 nitrogen and oxygen atoms in total. The summed E-state index contributed by atoms with van der Waals surface area (Å²) in [5, 5.41) is 2.53. The van der Waals surface area contributed by atoms with E-state index in [1.54, 1.807) is 0 Å². The lowest BCUT2D eigenvalue weighted by Crippen LogP contribution is -2.41. The van der Waals surface area contributed by atoms with Gasteiger partial charge in [0.25, 0.3) is 0 Å². The fourth-order valence-electron chi connectivity index (χ4n) is 3.96. The number of hydrogen-bond acceptors (Lipinski definition) is 5. The fraction of sp³-hybridized carbons (Fsp3) is 0.318. The van der Waals surface area contributed by atoms with Crippen molar-refractivity contribution in [3.05, 3.63) is 54.4 Å². The van der Waals surface area contributed by atoms with Crippen LogP contribution in [0.15, 0.2) is 57.8 Å². The molecule has 2 aromatic carbocycles. The minimum Gasteiger partial charge on any atom is -0.440 e. The fourth-order valence-corrected chi connectivity index (χ4v) is 5.06. The molecule has 1 saturated heterocycles. The second kappa shape index (κ2) is 7.55. The molecular formula is C22H21N3O3S. The number of nitrogens with zero attached hydrogens (tertiary/aromatic N) is 2. The summed E-state index contributed by atoms with van der Waals surface area (Å²) in [6, 6.07) is 15.5. The number of rotatable bonds is 3. The van der Waals surface area contributed by atoms with E-state index in [2.05, 4.69) is 10.3 Å². The average Bonchev–Trinajstić information content (AvgIpc) is 3.19. The van der Waals surface area contributed by atoms with Crippen molar-refractivity contribution in [3.63, 3.8) is 0 Å². The van der Waals surface area contributed by atoms with Crippen LogP contribution in [-0.4, -0.2) is 40.0 Å². The molecule has 3 heterocycles. The van der Waals surface area contributed by atoms with Gasteiger partial charge in [0.2, 0.25) is 11.8 Å². The molecule has 0 radical (unpaired) electrons. The van der Waals surface area contributed by atoms with Crippen molar-refractivity contribution in [1.29, 1.82) is 0 Å². The third-order valence-electron chi connectivity index (χ3n) is 5.57. The largest absolute Gasteiger partial charge is 0.440 e. The van der Waals surface area contributed by atoms with Gasteiger partial charge < -0.3 is 14.6 Å². The minimum absolute atomic E-state index is 0.0352. The third kappa shape index (κ3) is 3.62. The summed E-state index contributed by atoms with van der Waals surface area (Å²) >= 11 is 1.47. The van der Waals surface area contributed by atoms with Gasteiger partial charge >= 0.3 is 0 Å². The summed E-state index contributed by atoms with van der Waals surface area (Å²) in [7, 11) is 0. The van der Waals surface area contributed by atoms with Crippen LogP contribution in [0.5, 0.6) is 0 Å². The Morgan fingerprint density at radius 1 is 1.14 bits per heavy atom. The number of nitrogens with one attached hydrogen (secondary N) is 1. The summed E-state index contributed by atoms with van der Waals surface area (Å²) in [5.74, 6) is 0.930. The van der Waals surface area contributed by atoms with Crippen molar-refractivity contribution in [1.82, 2.24) is 9.88 Å².